The third kappa shape index (κ3) is 7.56. The van der Waals surface area contributed by atoms with E-state index in [-0.39, 0.29) is 43.7 Å². The molecule has 3 fully saturated rings. The van der Waals surface area contributed by atoms with Crippen molar-refractivity contribution < 1.29 is 33.8 Å². The quantitative estimate of drug-likeness (QED) is 0.239. The Hall–Kier alpha value is -4.25. The number of carboxylic acid groups (broad SMARTS) is 1. The van der Waals surface area contributed by atoms with Crippen molar-refractivity contribution in [2.24, 2.45) is 17.8 Å². The molecule has 11 nitrogen and oxygen atoms in total. The maximum atomic E-state index is 14.3. The van der Waals surface area contributed by atoms with E-state index in [9.17, 15) is 29.1 Å². The van der Waals surface area contributed by atoms with Crippen LogP contribution in [-0.2, 0) is 35.3 Å². The largest absolute Gasteiger partial charge is 0.479 e. The second kappa shape index (κ2) is 14.9. The zero-order valence-corrected chi connectivity index (χ0v) is 28.1. The number of fused-ring (bicyclic) bond motifs is 1. The highest BCUT2D eigenvalue weighted by Gasteiger charge is 2.61. The summed E-state index contributed by atoms with van der Waals surface area (Å²) < 4.78 is 6.33. The number of carbonyl (C=O) groups excluding carboxylic acids is 4. The predicted octanol–water partition coefficient (Wildman–Crippen LogP) is 3.70. The van der Waals surface area contributed by atoms with Crippen LogP contribution in [0.15, 0.2) is 55.1 Å². The fourth-order valence-electron chi connectivity index (χ4n) is 7.37. The van der Waals surface area contributed by atoms with Crippen LogP contribution in [-0.4, -0.2) is 75.9 Å². The molecule has 4 N–H and O–H groups in total. The van der Waals surface area contributed by atoms with Crippen molar-refractivity contribution in [3.05, 3.63) is 60.7 Å². The lowest BCUT2D eigenvalue weighted by Crippen LogP contribution is -2.60. The number of amides is 4. The number of ether oxygens (including phenoxy) is 1. The van der Waals surface area contributed by atoms with Crippen molar-refractivity contribution in [2.45, 2.75) is 102 Å². The lowest BCUT2D eigenvalue weighted by atomic mass is 9.83. The number of nitrogens with one attached hydrogen (secondary N) is 3. The molecule has 4 amide bonds. The maximum Gasteiger partial charge on any atom is 0.330 e. The summed E-state index contributed by atoms with van der Waals surface area (Å²) in [4.78, 5) is 67.6. The molecule has 1 aliphatic heterocycles. The van der Waals surface area contributed by atoms with E-state index < -0.39 is 59.4 Å². The summed E-state index contributed by atoms with van der Waals surface area (Å²) in [6.45, 7) is 9.05. The molecule has 2 saturated carbocycles. The average Bonchev–Trinajstić information content (AvgIpc) is 3.63. The van der Waals surface area contributed by atoms with Crippen LogP contribution in [0.25, 0.3) is 10.8 Å². The van der Waals surface area contributed by atoms with E-state index in [1.807, 2.05) is 56.3 Å². The zero-order valence-electron chi connectivity index (χ0n) is 28.1. The van der Waals surface area contributed by atoms with Crippen molar-refractivity contribution >= 4 is 40.4 Å². The molecular weight excluding hydrogens is 612 g/mol. The number of likely N-dealkylation sites (tertiary alicyclic amines) is 1. The number of hydrogen-bond donors (Lipinski definition) is 4. The van der Waals surface area contributed by atoms with Crippen LogP contribution < -0.4 is 16.0 Å². The molecule has 2 aromatic carbocycles. The summed E-state index contributed by atoms with van der Waals surface area (Å²) in [5.41, 5.74) is -0.498. The molecule has 0 bridgehead atoms. The van der Waals surface area contributed by atoms with Gasteiger partial charge in [0, 0.05) is 25.8 Å². The number of benzene rings is 2. The van der Waals surface area contributed by atoms with Crippen molar-refractivity contribution in [2.75, 3.05) is 6.54 Å². The smallest absolute Gasteiger partial charge is 0.330 e. The molecule has 0 unspecified atom stereocenters. The van der Waals surface area contributed by atoms with E-state index in [0.717, 1.165) is 48.4 Å². The van der Waals surface area contributed by atoms with Crippen molar-refractivity contribution in [3.8, 4) is 0 Å². The van der Waals surface area contributed by atoms with Crippen molar-refractivity contribution in [3.63, 3.8) is 0 Å². The first-order valence-corrected chi connectivity index (χ1v) is 17.1. The molecule has 11 heteroatoms. The van der Waals surface area contributed by atoms with Gasteiger partial charge in [-0.15, -0.1) is 6.58 Å². The molecule has 48 heavy (non-hydrogen) atoms. The highest BCUT2D eigenvalue weighted by molar-refractivity contribution is 5.97. The Kier molecular flexibility index (Phi) is 10.9. The Morgan fingerprint density at radius 3 is 2.40 bits per heavy atom. The summed E-state index contributed by atoms with van der Waals surface area (Å²) in [6, 6.07) is 11.1. The molecule has 0 spiro atoms. The van der Waals surface area contributed by atoms with Gasteiger partial charge in [0.2, 0.25) is 23.6 Å². The molecule has 3 aliphatic rings. The normalized spacial score (nSPS) is 25.2. The standard InChI is InChI=1S/C37H48N4O7/c1-5-27-19-37(27,36(46)47)40-33(43)30-18-28(48-21-26-16-11-15-24-12-9-10-17-29(24)26)20-41(30)35(45)31(22(2)3)39-34(44)32(38-23(4)42)25-13-7-6-8-14-25/h5,9-12,15-17,22,25,27-28,30-32H,1,6-8,13-14,18-21H2,2-4H3,(H,38,42)(H,39,44)(H,40,43)(H,46,47)/t27-,28-,30+,31+,32+,37-/m1/s1. The van der Waals surface area contributed by atoms with Crippen LogP contribution in [0, 0.1) is 17.8 Å². The SMILES string of the molecule is C=C[C@@H]1C[C@]1(NC(=O)[C@@H]1C[C@@H](OCc2cccc3ccccc23)CN1C(=O)[C@@H](NC(=O)[C@@H](NC(C)=O)C1CCCCC1)C(C)C)C(=O)O. The molecule has 258 valence electrons. The van der Waals surface area contributed by atoms with Gasteiger partial charge in [-0.05, 0) is 47.4 Å². The van der Waals surface area contributed by atoms with Crippen LogP contribution in [0.2, 0.25) is 0 Å². The fourth-order valence-corrected chi connectivity index (χ4v) is 7.37. The minimum absolute atomic E-state index is 0.0359. The number of carboxylic acids is 1. The van der Waals surface area contributed by atoms with Crippen molar-refractivity contribution in [1.29, 1.82) is 0 Å². The minimum Gasteiger partial charge on any atom is -0.479 e. The molecule has 0 radical (unpaired) electrons. The topological polar surface area (TPSA) is 154 Å². The minimum atomic E-state index is -1.47. The molecule has 2 aromatic rings. The third-order valence-electron chi connectivity index (χ3n) is 10.2. The van der Waals surface area contributed by atoms with Crippen LogP contribution in [0.5, 0.6) is 0 Å². The van der Waals surface area contributed by atoms with Crippen LogP contribution in [0.4, 0.5) is 0 Å². The Bertz CT molecular complexity index is 1550. The number of aliphatic carboxylic acids is 1. The van der Waals surface area contributed by atoms with E-state index in [1.54, 1.807) is 0 Å². The molecular formula is C37H48N4O7. The van der Waals surface area contributed by atoms with Crippen molar-refractivity contribution in [1.82, 2.24) is 20.9 Å². The first-order chi connectivity index (χ1) is 22.9. The number of rotatable bonds is 13. The number of hydrogen-bond acceptors (Lipinski definition) is 6. The van der Waals surface area contributed by atoms with E-state index in [1.165, 1.54) is 17.9 Å². The maximum absolute atomic E-state index is 14.3. The Morgan fingerprint density at radius 2 is 1.75 bits per heavy atom. The van der Waals surface area contributed by atoms with Gasteiger partial charge in [-0.3, -0.25) is 19.2 Å². The molecule has 5 rings (SSSR count). The van der Waals surface area contributed by atoms with Crippen LogP contribution in [0.1, 0.15) is 71.3 Å². The van der Waals surface area contributed by atoms with Gasteiger partial charge in [0.15, 0.2) is 0 Å². The van der Waals surface area contributed by atoms with E-state index in [2.05, 4.69) is 22.5 Å². The Balaban J connectivity index is 1.37. The van der Waals surface area contributed by atoms with Gasteiger partial charge in [-0.2, -0.15) is 0 Å². The summed E-state index contributed by atoms with van der Waals surface area (Å²) in [7, 11) is 0. The third-order valence-corrected chi connectivity index (χ3v) is 10.2. The van der Waals surface area contributed by atoms with Gasteiger partial charge < -0.3 is 30.7 Å². The molecule has 1 heterocycles. The lowest BCUT2D eigenvalue weighted by molar-refractivity contribution is -0.146. The van der Waals surface area contributed by atoms with E-state index in [4.69, 9.17) is 4.74 Å². The molecule has 1 saturated heterocycles. The zero-order chi connectivity index (χ0) is 34.6. The summed E-state index contributed by atoms with van der Waals surface area (Å²) >= 11 is 0. The Labute approximate surface area is 281 Å². The van der Waals surface area contributed by atoms with E-state index >= 15 is 0 Å². The van der Waals surface area contributed by atoms with Gasteiger partial charge in [0.25, 0.3) is 0 Å². The highest BCUT2D eigenvalue weighted by Crippen LogP contribution is 2.45. The summed E-state index contributed by atoms with van der Waals surface area (Å²) in [5, 5.41) is 20.5. The summed E-state index contributed by atoms with van der Waals surface area (Å²) in [5.74, 6) is -3.74. The molecule has 0 aromatic heterocycles. The van der Waals surface area contributed by atoms with Gasteiger partial charge in [-0.1, -0.05) is 81.7 Å². The highest BCUT2D eigenvalue weighted by atomic mass is 16.5. The van der Waals surface area contributed by atoms with Crippen LogP contribution >= 0.6 is 0 Å². The number of nitrogens with zero attached hydrogens (tertiary/aromatic N) is 1. The lowest BCUT2D eigenvalue weighted by Gasteiger charge is -2.34. The fraction of sp³-hybridized carbons (Fsp3) is 0.541. The second-order valence-corrected chi connectivity index (χ2v) is 13.9. The Morgan fingerprint density at radius 1 is 1.04 bits per heavy atom. The van der Waals surface area contributed by atoms with Gasteiger partial charge >= 0.3 is 5.97 Å². The predicted molar refractivity (Wildman–Crippen MR) is 180 cm³/mol. The first-order valence-electron chi connectivity index (χ1n) is 17.1. The van der Waals surface area contributed by atoms with Gasteiger partial charge in [0.05, 0.1) is 12.7 Å². The summed E-state index contributed by atoms with van der Waals surface area (Å²) in [6.07, 6.45) is 6.01. The average molecular weight is 661 g/mol. The van der Waals surface area contributed by atoms with Crippen LogP contribution in [0.3, 0.4) is 0 Å². The molecule has 2 aliphatic carbocycles. The van der Waals surface area contributed by atoms with Gasteiger partial charge in [-0.25, -0.2) is 4.79 Å². The van der Waals surface area contributed by atoms with Gasteiger partial charge in [0.1, 0.15) is 23.7 Å². The number of carbonyl (C=O) groups is 5. The molecule has 6 atom stereocenters. The van der Waals surface area contributed by atoms with E-state index in [0.29, 0.717) is 0 Å². The second-order valence-electron chi connectivity index (χ2n) is 13.9. The first kappa shape index (κ1) is 35.1. The monoisotopic (exact) mass is 660 g/mol.